The van der Waals surface area contributed by atoms with Crippen LogP contribution in [0.15, 0.2) is 29.2 Å². The number of nitrogens with zero attached hydrogens (tertiary/aromatic N) is 2. The highest BCUT2D eigenvalue weighted by Crippen LogP contribution is 2.22. The summed E-state index contributed by atoms with van der Waals surface area (Å²) in [6.07, 6.45) is 0. The maximum atomic E-state index is 12.4. The van der Waals surface area contributed by atoms with E-state index in [1.807, 2.05) is 13.8 Å². The van der Waals surface area contributed by atoms with E-state index < -0.39 is 10.0 Å². The molecule has 1 atom stereocenters. The van der Waals surface area contributed by atoms with Crippen LogP contribution in [0.4, 0.5) is 0 Å². The molecule has 0 aliphatic carbocycles. The molecule has 1 aromatic carbocycles. The van der Waals surface area contributed by atoms with Crippen LogP contribution >= 0.6 is 0 Å². The van der Waals surface area contributed by atoms with Crippen molar-refractivity contribution < 1.29 is 13.2 Å². The van der Waals surface area contributed by atoms with Gasteiger partial charge < -0.3 is 4.90 Å². The van der Waals surface area contributed by atoms with Gasteiger partial charge in [0.2, 0.25) is 15.9 Å². The molecule has 1 heterocycles. The lowest BCUT2D eigenvalue weighted by molar-refractivity contribution is -0.129. The Morgan fingerprint density at radius 3 is 2.32 bits per heavy atom. The zero-order valence-electron chi connectivity index (χ0n) is 11.3. The molecule has 1 saturated heterocycles. The number of benzene rings is 1. The maximum absolute atomic E-state index is 12.4. The fourth-order valence-electron chi connectivity index (χ4n) is 2.20. The molecule has 1 amide bonds. The van der Waals surface area contributed by atoms with Crippen molar-refractivity contribution in [2.24, 2.45) is 0 Å². The molecule has 19 heavy (non-hydrogen) atoms. The van der Waals surface area contributed by atoms with Gasteiger partial charge in [-0.1, -0.05) is 17.7 Å². The molecule has 2 rings (SSSR count). The van der Waals surface area contributed by atoms with Crippen molar-refractivity contribution in [2.45, 2.75) is 31.7 Å². The van der Waals surface area contributed by atoms with Crippen molar-refractivity contribution in [1.82, 2.24) is 9.21 Å². The average molecular weight is 282 g/mol. The standard InChI is InChI=1S/C13H18N2O3S/c1-10-4-6-13(7-5-10)19(17,18)14-8-11(2)15(9-14)12(3)16/h4-7,11H,8-9H2,1-3H3/t11-/m1/s1. The largest absolute Gasteiger partial charge is 0.325 e. The third-order valence-electron chi connectivity index (χ3n) is 3.37. The molecule has 0 N–H and O–H groups in total. The van der Waals surface area contributed by atoms with E-state index in [4.69, 9.17) is 0 Å². The van der Waals surface area contributed by atoms with Crippen molar-refractivity contribution in [2.75, 3.05) is 13.2 Å². The fraction of sp³-hybridized carbons (Fsp3) is 0.462. The Morgan fingerprint density at radius 1 is 1.26 bits per heavy atom. The monoisotopic (exact) mass is 282 g/mol. The van der Waals surface area contributed by atoms with Gasteiger partial charge in [-0.05, 0) is 26.0 Å². The molecule has 0 saturated carbocycles. The molecule has 1 aromatic rings. The van der Waals surface area contributed by atoms with Gasteiger partial charge in [-0.2, -0.15) is 4.31 Å². The van der Waals surface area contributed by atoms with E-state index in [-0.39, 0.29) is 23.5 Å². The lowest BCUT2D eigenvalue weighted by Crippen LogP contribution is -2.34. The van der Waals surface area contributed by atoms with E-state index in [9.17, 15) is 13.2 Å². The van der Waals surface area contributed by atoms with Crippen molar-refractivity contribution in [3.63, 3.8) is 0 Å². The predicted octanol–water partition coefficient (Wildman–Crippen LogP) is 1.19. The number of rotatable bonds is 2. The second-order valence-corrected chi connectivity index (χ2v) is 6.87. The Morgan fingerprint density at radius 2 is 1.84 bits per heavy atom. The minimum Gasteiger partial charge on any atom is -0.325 e. The normalized spacial score (nSPS) is 20.8. The second-order valence-electron chi connectivity index (χ2n) is 4.93. The van der Waals surface area contributed by atoms with Crippen LogP contribution < -0.4 is 0 Å². The number of sulfonamides is 1. The molecule has 0 radical (unpaired) electrons. The lowest BCUT2D eigenvalue weighted by Gasteiger charge is -2.18. The summed E-state index contributed by atoms with van der Waals surface area (Å²) in [5.74, 6) is -0.103. The first-order chi connectivity index (χ1) is 8.82. The minimum atomic E-state index is -3.52. The van der Waals surface area contributed by atoms with E-state index >= 15 is 0 Å². The number of carbonyl (C=O) groups excluding carboxylic acids is 1. The van der Waals surface area contributed by atoms with Crippen LogP contribution in [-0.2, 0) is 14.8 Å². The molecular formula is C13H18N2O3S. The molecule has 1 fully saturated rings. The summed E-state index contributed by atoms with van der Waals surface area (Å²) in [7, 11) is -3.52. The highest BCUT2D eigenvalue weighted by atomic mass is 32.2. The number of hydrogen-bond acceptors (Lipinski definition) is 3. The molecule has 6 heteroatoms. The first-order valence-corrected chi connectivity index (χ1v) is 7.60. The molecule has 0 spiro atoms. The maximum Gasteiger partial charge on any atom is 0.244 e. The highest BCUT2D eigenvalue weighted by Gasteiger charge is 2.36. The molecule has 0 aromatic heterocycles. The van der Waals surface area contributed by atoms with Crippen LogP contribution in [0.5, 0.6) is 0 Å². The average Bonchev–Trinajstić information content (AvgIpc) is 2.72. The predicted molar refractivity (Wildman–Crippen MR) is 71.9 cm³/mol. The Bertz CT molecular complexity index is 580. The molecule has 5 nitrogen and oxygen atoms in total. The summed E-state index contributed by atoms with van der Waals surface area (Å²) >= 11 is 0. The molecule has 104 valence electrons. The lowest BCUT2D eigenvalue weighted by atomic mass is 10.2. The van der Waals surface area contributed by atoms with Crippen molar-refractivity contribution in [3.05, 3.63) is 29.8 Å². The van der Waals surface area contributed by atoms with Crippen LogP contribution in [0.3, 0.4) is 0 Å². The van der Waals surface area contributed by atoms with E-state index in [2.05, 4.69) is 0 Å². The Labute approximate surface area is 113 Å². The van der Waals surface area contributed by atoms with Crippen LogP contribution in [0.1, 0.15) is 19.4 Å². The number of hydrogen-bond donors (Lipinski definition) is 0. The van der Waals surface area contributed by atoms with Gasteiger partial charge in [0.05, 0.1) is 11.6 Å². The molecule has 1 aliphatic heterocycles. The molecule has 0 bridgehead atoms. The Kier molecular flexibility index (Phi) is 3.64. The summed E-state index contributed by atoms with van der Waals surface area (Å²) in [5, 5.41) is 0. The topological polar surface area (TPSA) is 57.7 Å². The smallest absolute Gasteiger partial charge is 0.244 e. The van der Waals surface area contributed by atoms with E-state index in [1.54, 1.807) is 29.2 Å². The first kappa shape index (κ1) is 14.0. The summed E-state index contributed by atoms with van der Waals surface area (Å²) in [6, 6.07) is 6.67. The van der Waals surface area contributed by atoms with E-state index in [0.717, 1.165) is 5.56 Å². The van der Waals surface area contributed by atoms with Gasteiger partial charge in [0.1, 0.15) is 0 Å². The van der Waals surface area contributed by atoms with Gasteiger partial charge in [-0.25, -0.2) is 8.42 Å². The van der Waals surface area contributed by atoms with Gasteiger partial charge >= 0.3 is 0 Å². The van der Waals surface area contributed by atoms with Crippen molar-refractivity contribution >= 4 is 15.9 Å². The van der Waals surface area contributed by atoms with Gasteiger partial charge in [0, 0.05) is 19.5 Å². The first-order valence-electron chi connectivity index (χ1n) is 6.16. The van der Waals surface area contributed by atoms with E-state index in [1.165, 1.54) is 11.2 Å². The zero-order valence-corrected chi connectivity index (χ0v) is 12.1. The number of amides is 1. The minimum absolute atomic E-state index is 0.0854. The van der Waals surface area contributed by atoms with Crippen LogP contribution in [0.2, 0.25) is 0 Å². The Balaban J connectivity index is 2.27. The van der Waals surface area contributed by atoms with Gasteiger partial charge in [0.25, 0.3) is 0 Å². The third kappa shape index (κ3) is 2.64. The summed E-state index contributed by atoms with van der Waals surface area (Å²) in [4.78, 5) is 13.2. The van der Waals surface area contributed by atoms with Gasteiger partial charge in [0.15, 0.2) is 0 Å². The summed E-state index contributed by atoms with van der Waals surface area (Å²) in [6.45, 7) is 5.69. The fourth-order valence-corrected chi connectivity index (χ4v) is 3.67. The number of aryl methyl sites for hydroxylation is 1. The molecule has 0 unspecified atom stereocenters. The Hall–Kier alpha value is -1.40. The van der Waals surface area contributed by atoms with Crippen molar-refractivity contribution in [3.8, 4) is 0 Å². The molecule has 1 aliphatic rings. The summed E-state index contributed by atoms with van der Waals surface area (Å²) < 4.78 is 26.2. The zero-order chi connectivity index (χ0) is 14.2. The van der Waals surface area contributed by atoms with Crippen LogP contribution in [0.25, 0.3) is 0 Å². The quantitative estimate of drug-likeness (QED) is 0.819. The van der Waals surface area contributed by atoms with Crippen molar-refractivity contribution in [1.29, 1.82) is 0 Å². The highest BCUT2D eigenvalue weighted by molar-refractivity contribution is 7.89. The number of carbonyl (C=O) groups is 1. The SMILES string of the molecule is CC(=O)N1CN(S(=O)(=O)c2ccc(C)cc2)C[C@H]1C. The summed E-state index contributed by atoms with van der Waals surface area (Å²) in [5.41, 5.74) is 1.01. The van der Waals surface area contributed by atoms with E-state index in [0.29, 0.717) is 6.54 Å². The third-order valence-corrected chi connectivity index (χ3v) is 5.19. The van der Waals surface area contributed by atoms with Gasteiger partial charge in [-0.3, -0.25) is 4.79 Å². The molecular weight excluding hydrogens is 264 g/mol. The van der Waals surface area contributed by atoms with Crippen LogP contribution in [0, 0.1) is 6.92 Å². The second kappa shape index (κ2) is 4.94. The van der Waals surface area contributed by atoms with Crippen LogP contribution in [-0.4, -0.2) is 42.8 Å². The van der Waals surface area contributed by atoms with Gasteiger partial charge in [-0.15, -0.1) is 0 Å².